The van der Waals surface area contributed by atoms with Crippen LogP contribution in [0.1, 0.15) is 46.8 Å². The molecule has 3 aromatic rings. The third-order valence-corrected chi connectivity index (χ3v) is 6.02. The van der Waals surface area contributed by atoms with Crippen molar-refractivity contribution in [3.63, 3.8) is 0 Å². The van der Waals surface area contributed by atoms with Crippen molar-refractivity contribution < 1.29 is 14.1 Å². The zero-order chi connectivity index (χ0) is 20.4. The van der Waals surface area contributed by atoms with E-state index in [-0.39, 0.29) is 17.7 Å². The summed E-state index contributed by atoms with van der Waals surface area (Å²) in [5, 5.41) is 8.79. The first-order chi connectivity index (χ1) is 14.0. The number of rotatable bonds is 4. The van der Waals surface area contributed by atoms with Crippen LogP contribution in [0.25, 0.3) is 11.4 Å². The molecule has 4 rings (SSSR count). The number of aromatic nitrogens is 2. The van der Waals surface area contributed by atoms with Gasteiger partial charge in [0.15, 0.2) is 0 Å². The number of carbonyl (C=O) groups excluding carboxylic acids is 2. The minimum atomic E-state index is -0.117. The Morgan fingerprint density at radius 2 is 2.03 bits per heavy atom. The number of nitrogens with zero attached hydrogens (tertiary/aromatic N) is 3. The summed E-state index contributed by atoms with van der Waals surface area (Å²) in [7, 11) is 0. The van der Waals surface area contributed by atoms with Gasteiger partial charge < -0.3 is 14.7 Å². The number of aryl methyl sites for hydroxylation is 1. The lowest BCUT2D eigenvalue weighted by molar-refractivity contribution is -0.114. The standard InChI is InChI=1S/C21H22N4O3S/c1-13-9-11-29-18(13)21(27)25-10-3-4-16(12-25)20-23-19(24-28-20)15-5-7-17(8-6-15)22-14(2)26/h5-9,11,16H,3-4,10,12H2,1-2H3,(H,22,26)/t16-/m0/s1. The fourth-order valence-electron chi connectivity index (χ4n) is 3.52. The number of thiophene rings is 1. The van der Waals surface area contributed by atoms with Crippen LogP contribution in [0.2, 0.25) is 0 Å². The summed E-state index contributed by atoms with van der Waals surface area (Å²) in [5.74, 6) is 1.07. The van der Waals surface area contributed by atoms with Crippen LogP contribution in [-0.2, 0) is 4.79 Å². The van der Waals surface area contributed by atoms with Crippen molar-refractivity contribution in [2.75, 3.05) is 18.4 Å². The molecule has 0 bridgehead atoms. The van der Waals surface area contributed by atoms with E-state index in [1.165, 1.54) is 18.3 Å². The van der Waals surface area contributed by atoms with E-state index in [4.69, 9.17) is 4.52 Å². The van der Waals surface area contributed by atoms with E-state index in [2.05, 4.69) is 15.5 Å². The maximum atomic E-state index is 12.8. The van der Waals surface area contributed by atoms with Crippen LogP contribution < -0.4 is 5.32 Å². The molecule has 0 spiro atoms. The number of anilines is 1. The van der Waals surface area contributed by atoms with Crippen LogP contribution in [0.3, 0.4) is 0 Å². The van der Waals surface area contributed by atoms with Crippen molar-refractivity contribution in [1.82, 2.24) is 15.0 Å². The molecular weight excluding hydrogens is 388 g/mol. The van der Waals surface area contributed by atoms with Crippen LogP contribution in [0.5, 0.6) is 0 Å². The number of carbonyl (C=O) groups is 2. The van der Waals surface area contributed by atoms with Crippen LogP contribution in [-0.4, -0.2) is 39.9 Å². The molecule has 8 heteroatoms. The Hall–Kier alpha value is -3.00. The molecule has 1 aromatic carbocycles. The fraction of sp³-hybridized carbons (Fsp3) is 0.333. The Labute approximate surface area is 172 Å². The number of piperidine rings is 1. The summed E-state index contributed by atoms with van der Waals surface area (Å²) in [5.41, 5.74) is 2.55. The second kappa shape index (κ2) is 8.16. The van der Waals surface area contributed by atoms with E-state index in [0.717, 1.165) is 41.1 Å². The van der Waals surface area contributed by atoms with Gasteiger partial charge in [-0.1, -0.05) is 5.16 Å². The topological polar surface area (TPSA) is 88.3 Å². The molecule has 1 N–H and O–H groups in total. The Morgan fingerprint density at radius 1 is 1.24 bits per heavy atom. The molecule has 3 heterocycles. The summed E-state index contributed by atoms with van der Waals surface area (Å²) in [6.07, 6.45) is 1.82. The van der Waals surface area contributed by atoms with Gasteiger partial charge in [-0.05, 0) is 61.0 Å². The SMILES string of the molecule is CC(=O)Nc1ccc(-c2noc([C@H]3CCCN(C(=O)c4sccc4C)C3)n2)cc1. The van der Waals surface area contributed by atoms with E-state index in [1.807, 2.05) is 35.4 Å². The molecule has 0 saturated carbocycles. The van der Waals surface area contributed by atoms with Gasteiger partial charge in [0.1, 0.15) is 0 Å². The first-order valence-electron chi connectivity index (χ1n) is 9.56. The average molecular weight is 410 g/mol. The summed E-state index contributed by atoms with van der Waals surface area (Å²) < 4.78 is 5.53. The average Bonchev–Trinajstić information content (AvgIpc) is 3.37. The van der Waals surface area contributed by atoms with Crippen molar-refractivity contribution in [3.05, 3.63) is 52.0 Å². The third-order valence-electron chi connectivity index (χ3n) is 5.02. The molecule has 1 saturated heterocycles. The van der Waals surface area contributed by atoms with Gasteiger partial charge in [0, 0.05) is 31.3 Å². The number of likely N-dealkylation sites (tertiary alicyclic amines) is 1. The molecule has 0 radical (unpaired) electrons. The third kappa shape index (κ3) is 4.22. The molecular formula is C21H22N4O3S. The van der Waals surface area contributed by atoms with Crippen molar-refractivity contribution in [2.45, 2.75) is 32.6 Å². The largest absolute Gasteiger partial charge is 0.339 e. The minimum Gasteiger partial charge on any atom is -0.339 e. The molecule has 0 unspecified atom stereocenters. The van der Waals surface area contributed by atoms with Gasteiger partial charge in [0.2, 0.25) is 17.6 Å². The maximum absolute atomic E-state index is 12.8. The summed E-state index contributed by atoms with van der Waals surface area (Å²) in [6.45, 7) is 4.77. The Morgan fingerprint density at radius 3 is 2.72 bits per heavy atom. The highest BCUT2D eigenvalue weighted by atomic mass is 32.1. The zero-order valence-electron chi connectivity index (χ0n) is 16.3. The molecule has 1 aliphatic rings. The summed E-state index contributed by atoms with van der Waals surface area (Å²) >= 11 is 1.49. The molecule has 2 aromatic heterocycles. The second-order valence-electron chi connectivity index (χ2n) is 7.24. The van der Waals surface area contributed by atoms with Crippen LogP contribution >= 0.6 is 11.3 Å². The van der Waals surface area contributed by atoms with E-state index >= 15 is 0 Å². The lowest BCUT2D eigenvalue weighted by Gasteiger charge is -2.30. The van der Waals surface area contributed by atoms with Crippen LogP contribution in [0, 0.1) is 6.92 Å². The summed E-state index contributed by atoms with van der Waals surface area (Å²) in [4.78, 5) is 31.2. The first-order valence-corrected chi connectivity index (χ1v) is 10.4. The normalized spacial score (nSPS) is 16.6. The Bertz CT molecular complexity index is 1020. The van der Waals surface area contributed by atoms with E-state index in [1.54, 1.807) is 12.1 Å². The van der Waals surface area contributed by atoms with Gasteiger partial charge in [-0.25, -0.2) is 0 Å². The van der Waals surface area contributed by atoms with Crippen molar-refractivity contribution in [3.8, 4) is 11.4 Å². The van der Waals surface area contributed by atoms with Gasteiger partial charge in [0.05, 0.1) is 10.8 Å². The van der Waals surface area contributed by atoms with Crippen molar-refractivity contribution in [2.24, 2.45) is 0 Å². The van der Waals surface area contributed by atoms with E-state index in [9.17, 15) is 9.59 Å². The molecule has 150 valence electrons. The number of hydrogen-bond donors (Lipinski definition) is 1. The van der Waals surface area contributed by atoms with Crippen molar-refractivity contribution >= 4 is 28.8 Å². The van der Waals surface area contributed by atoms with Crippen LogP contribution in [0.15, 0.2) is 40.2 Å². The van der Waals surface area contributed by atoms with Gasteiger partial charge in [-0.3, -0.25) is 9.59 Å². The van der Waals surface area contributed by atoms with Crippen molar-refractivity contribution in [1.29, 1.82) is 0 Å². The predicted molar refractivity (Wildman–Crippen MR) is 111 cm³/mol. The minimum absolute atomic E-state index is 0.0351. The molecule has 0 aliphatic carbocycles. The highest BCUT2D eigenvalue weighted by Crippen LogP contribution is 2.29. The maximum Gasteiger partial charge on any atom is 0.264 e. The fourth-order valence-corrected chi connectivity index (χ4v) is 4.41. The first kappa shape index (κ1) is 19.3. The molecule has 1 aliphatic heterocycles. The quantitative estimate of drug-likeness (QED) is 0.700. The van der Waals surface area contributed by atoms with Gasteiger partial charge in [-0.15, -0.1) is 11.3 Å². The number of amides is 2. The monoisotopic (exact) mass is 410 g/mol. The molecule has 1 fully saturated rings. The number of benzene rings is 1. The molecule has 1 atom stereocenters. The Kier molecular flexibility index (Phi) is 5.44. The van der Waals surface area contributed by atoms with Crippen LogP contribution in [0.4, 0.5) is 5.69 Å². The zero-order valence-corrected chi connectivity index (χ0v) is 17.2. The van der Waals surface area contributed by atoms with Gasteiger partial charge >= 0.3 is 0 Å². The molecule has 2 amide bonds. The molecule has 7 nitrogen and oxygen atoms in total. The lowest BCUT2D eigenvalue weighted by atomic mass is 9.97. The number of nitrogens with one attached hydrogen (secondary N) is 1. The van der Waals surface area contributed by atoms with Gasteiger partial charge in [0.25, 0.3) is 5.91 Å². The Balaban J connectivity index is 1.47. The summed E-state index contributed by atoms with van der Waals surface area (Å²) in [6, 6.07) is 9.27. The lowest BCUT2D eigenvalue weighted by Crippen LogP contribution is -2.39. The molecule has 29 heavy (non-hydrogen) atoms. The number of hydrogen-bond acceptors (Lipinski definition) is 6. The van der Waals surface area contributed by atoms with Gasteiger partial charge in [-0.2, -0.15) is 4.98 Å². The highest BCUT2D eigenvalue weighted by Gasteiger charge is 2.30. The predicted octanol–water partition coefficient (Wildman–Crippen LogP) is 4.08. The smallest absolute Gasteiger partial charge is 0.264 e. The highest BCUT2D eigenvalue weighted by molar-refractivity contribution is 7.12. The van der Waals surface area contributed by atoms with E-state index < -0.39 is 0 Å². The second-order valence-corrected chi connectivity index (χ2v) is 8.15. The van der Waals surface area contributed by atoms with E-state index in [0.29, 0.717) is 18.3 Å².